The molecule has 162 valence electrons. The van der Waals surface area contributed by atoms with E-state index in [-0.39, 0.29) is 22.4 Å². The van der Waals surface area contributed by atoms with Crippen LogP contribution in [0.4, 0.5) is 0 Å². The zero-order valence-corrected chi connectivity index (χ0v) is 18.5. The van der Waals surface area contributed by atoms with Crippen molar-refractivity contribution >= 4 is 15.9 Å². The smallest absolute Gasteiger partial charge is 0.251 e. The van der Waals surface area contributed by atoms with Gasteiger partial charge in [-0.1, -0.05) is 24.3 Å². The van der Waals surface area contributed by atoms with Crippen molar-refractivity contribution in [2.45, 2.75) is 24.5 Å². The Morgan fingerprint density at radius 3 is 2.48 bits per heavy atom. The van der Waals surface area contributed by atoms with Crippen LogP contribution in [0.15, 0.2) is 78.0 Å². The predicted molar refractivity (Wildman–Crippen MR) is 118 cm³/mol. The number of carbonyl (C=O) groups excluding carboxylic acids is 1. The van der Waals surface area contributed by atoms with Crippen LogP contribution in [0.1, 0.15) is 34.5 Å². The van der Waals surface area contributed by atoms with Gasteiger partial charge in [0.25, 0.3) is 5.91 Å². The van der Waals surface area contributed by atoms with Gasteiger partial charge in [-0.05, 0) is 48.9 Å². The number of aromatic nitrogens is 1. The first kappa shape index (κ1) is 22.5. The number of sulfonamides is 1. The molecule has 0 aliphatic carbocycles. The molecule has 3 aromatic rings. The first-order valence-corrected chi connectivity index (χ1v) is 11.2. The van der Waals surface area contributed by atoms with E-state index in [1.807, 2.05) is 43.3 Å². The van der Waals surface area contributed by atoms with Gasteiger partial charge in [-0.25, -0.2) is 12.7 Å². The highest BCUT2D eigenvalue weighted by Gasteiger charge is 2.19. The van der Waals surface area contributed by atoms with Gasteiger partial charge in [0.05, 0.1) is 10.9 Å². The van der Waals surface area contributed by atoms with Crippen LogP contribution in [0, 0.1) is 0 Å². The lowest BCUT2D eigenvalue weighted by atomic mass is 10.1. The van der Waals surface area contributed by atoms with Crippen LogP contribution in [0.25, 0.3) is 0 Å². The Morgan fingerprint density at radius 1 is 1.10 bits per heavy atom. The minimum Gasteiger partial charge on any atom is -0.489 e. The number of carbonyl (C=O) groups is 1. The molecule has 1 heterocycles. The number of hydrogen-bond acceptors (Lipinski definition) is 5. The van der Waals surface area contributed by atoms with Crippen molar-refractivity contribution in [2.75, 3.05) is 14.1 Å². The summed E-state index contributed by atoms with van der Waals surface area (Å²) >= 11 is 0. The van der Waals surface area contributed by atoms with Gasteiger partial charge < -0.3 is 10.1 Å². The Kier molecular flexibility index (Phi) is 7.04. The van der Waals surface area contributed by atoms with Gasteiger partial charge in [-0.2, -0.15) is 0 Å². The molecular formula is C23H25N3O4S. The van der Waals surface area contributed by atoms with Gasteiger partial charge in [0.1, 0.15) is 12.4 Å². The van der Waals surface area contributed by atoms with Crippen molar-refractivity contribution in [3.8, 4) is 5.75 Å². The maximum absolute atomic E-state index is 12.7. The molecule has 1 N–H and O–H groups in total. The fourth-order valence-corrected chi connectivity index (χ4v) is 3.82. The zero-order chi connectivity index (χ0) is 22.4. The molecule has 0 aliphatic rings. The van der Waals surface area contributed by atoms with Gasteiger partial charge in [-0.15, -0.1) is 0 Å². The van der Waals surface area contributed by atoms with Gasteiger partial charge in [0.15, 0.2) is 0 Å². The van der Waals surface area contributed by atoms with Gasteiger partial charge >= 0.3 is 0 Å². The lowest BCUT2D eigenvalue weighted by molar-refractivity contribution is 0.0939. The molecule has 7 nitrogen and oxygen atoms in total. The molecule has 0 radical (unpaired) electrons. The maximum Gasteiger partial charge on any atom is 0.251 e. The molecular weight excluding hydrogens is 414 g/mol. The highest BCUT2D eigenvalue weighted by atomic mass is 32.2. The van der Waals surface area contributed by atoms with E-state index in [4.69, 9.17) is 4.74 Å². The van der Waals surface area contributed by atoms with Gasteiger partial charge in [-0.3, -0.25) is 9.78 Å². The molecule has 0 saturated heterocycles. The highest BCUT2D eigenvalue weighted by molar-refractivity contribution is 7.89. The quantitative estimate of drug-likeness (QED) is 0.581. The third-order valence-electron chi connectivity index (χ3n) is 4.73. The lowest BCUT2D eigenvalue weighted by Gasteiger charge is -2.16. The fraction of sp³-hybridized carbons (Fsp3) is 0.217. The molecule has 2 aromatic carbocycles. The molecule has 3 rings (SSSR count). The van der Waals surface area contributed by atoms with Crippen molar-refractivity contribution < 1.29 is 17.9 Å². The Morgan fingerprint density at radius 2 is 1.84 bits per heavy atom. The summed E-state index contributed by atoms with van der Waals surface area (Å²) in [5.41, 5.74) is 2.16. The molecule has 1 unspecified atom stereocenters. The molecule has 1 amide bonds. The summed E-state index contributed by atoms with van der Waals surface area (Å²) in [5.74, 6) is 0.368. The maximum atomic E-state index is 12.7. The average Bonchev–Trinajstić information content (AvgIpc) is 2.78. The number of pyridine rings is 1. The summed E-state index contributed by atoms with van der Waals surface area (Å²) in [7, 11) is -0.703. The van der Waals surface area contributed by atoms with E-state index < -0.39 is 10.0 Å². The van der Waals surface area contributed by atoms with E-state index >= 15 is 0 Å². The second-order valence-electron chi connectivity index (χ2n) is 7.23. The van der Waals surface area contributed by atoms with Crippen LogP contribution in [-0.2, 0) is 16.6 Å². The second kappa shape index (κ2) is 9.72. The number of amides is 1. The number of hydrogen-bond donors (Lipinski definition) is 1. The topological polar surface area (TPSA) is 88.6 Å². The minimum absolute atomic E-state index is 0.0768. The Hall–Kier alpha value is -3.23. The normalized spacial score (nSPS) is 12.4. The monoisotopic (exact) mass is 439 g/mol. The van der Waals surface area contributed by atoms with E-state index in [2.05, 4.69) is 10.3 Å². The number of ether oxygens (including phenoxy) is 1. The Bertz CT molecular complexity index is 1130. The standard InChI is InChI=1S/C23H25N3O4S/c1-17(19-9-11-21(12-10-19)30-16-18-6-5-13-24-15-18)25-23(27)20-7-4-8-22(14-20)31(28,29)26(2)3/h4-15,17H,16H2,1-3H3,(H,25,27). The summed E-state index contributed by atoms with van der Waals surface area (Å²) < 4.78 is 31.5. The Balaban J connectivity index is 1.63. The second-order valence-corrected chi connectivity index (χ2v) is 9.38. The summed E-state index contributed by atoms with van der Waals surface area (Å²) in [6, 6.07) is 17.0. The molecule has 0 aliphatic heterocycles. The third kappa shape index (κ3) is 5.68. The van der Waals surface area contributed by atoms with E-state index in [1.165, 1.54) is 26.2 Å². The van der Waals surface area contributed by atoms with Crippen LogP contribution in [0.3, 0.4) is 0 Å². The summed E-state index contributed by atoms with van der Waals surface area (Å²) in [6.45, 7) is 2.29. The van der Waals surface area contributed by atoms with Gasteiger partial charge in [0.2, 0.25) is 10.0 Å². The van der Waals surface area contributed by atoms with Crippen molar-refractivity contribution in [2.24, 2.45) is 0 Å². The van der Waals surface area contributed by atoms with Crippen LogP contribution in [0.2, 0.25) is 0 Å². The molecule has 0 spiro atoms. The number of benzene rings is 2. The first-order chi connectivity index (χ1) is 14.8. The van der Waals surface area contributed by atoms with Crippen molar-refractivity contribution in [3.63, 3.8) is 0 Å². The summed E-state index contributed by atoms with van der Waals surface area (Å²) in [5, 5.41) is 2.90. The molecule has 0 bridgehead atoms. The SMILES string of the molecule is CC(NC(=O)c1cccc(S(=O)(=O)N(C)C)c1)c1ccc(OCc2cccnc2)cc1. The zero-order valence-electron chi connectivity index (χ0n) is 17.6. The third-order valence-corrected chi connectivity index (χ3v) is 6.54. The van der Waals surface area contributed by atoms with E-state index in [0.29, 0.717) is 12.4 Å². The number of nitrogens with zero attached hydrogens (tertiary/aromatic N) is 2. The van der Waals surface area contributed by atoms with E-state index in [1.54, 1.807) is 24.5 Å². The van der Waals surface area contributed by atoms with E-state index in [9.17, 15) is 13.2 Å². The van der Waals surface area contributed by atoms with Crippen LogP contribution in [-0.4, -0.2) is 37.7 Å². The minimum atomic E-state index is -3.61. The molecule has 1 atom stereocenters. The van der Waals surface area contributed by atoms with Crippen molar-refractivity contribution in [1.29, 1.82) is 0 Å². The van der Waals surface area contributed by atoms with Crippen molar-refractivity contribution in [3.05, 3.63) is 89.7 Å². The summed E-state index contributed by atoms with van der Waals surface area (Å²) in [4.78, 5) is 16.8. The average molecular weight is 440 g/mol. The van der Waals surface area contributed by atoms with Crippen molar-refractivity contribution in [1.82, 2.24) is 14.6 Å². The number of nitrogens with one attached hydrogen (secondary N) is 1. The fourth-order valence-electron chi connectivity index (χ4n) is 2.87. The molecule has 31 heavy (non-hydrogen) atoms. The predicted octanol–water partition coefficient (Wildman–Crippen LogP) is 3.40. The Labute approximate surface area is 182 Å². The first-order valence-electron chi connectivity index (χ1n) is 9.72. The largest absolute Gasteiger partial charge is 0.489 e. The molecule has 1 aromatic heterocycles. The van der Waals surface area contributed by atoms with Crippen LogP contribution in [0.5, 0.6) is 5.75 Å². The van der Waals surface area contributed by atoms with E-state index in [0.717, 1.165) is 15.4 Å². The van der Waals surface area contributed by atoms with Crippen LogP contribution >= 0.6 is 0 Å². The highest BCUT2D eigenvalue weighted by Crippen LogP contribution is 2.20. The molecule has 0 fully saturated rings. The molecule has 8 heteroatoms. The molecule has 0 saturated carbocycles. The number of rotatable bonds is 8. The van der Waals surface area contributed by atoms with Gasteiger partial charge in [0, 0.05) is 37.6 Å². The lowest BCUT2D eigenvalue weighted by Crippen LogP contribution is -2.27. The van der Waals surface area contributed by atoms with Crippen LogP contribution < -0.4 is 10.1 Å². The summed E-state index contributed by atoms with van der Waals surface area (Å²) in [6.07, 6.45) is 3.47.